The van der Waals surface area contributed by atoms with Gasteiger partial charge in [-0.05, 0) is 25.3 Å². The third-order valence-electron chi connectivity index (χ3n) is 5.47. The first-order valence-electron chi connectivity index (χ1n) is 8.34. The summed E-state index contributed by atoms with van der Waals surface area (Å²) < 4.78 is 19.8. The Morgan fingerprint density at radius 1 is 1.42 bits per heavy atom. The van der Waals surface area contributed by atoms with Gasteiger partial charge in [0.15, 0.2) is 5.67 Å². The molecule has 2 atom stereocenters. The van der Waals surface area contributed by atoms with E-state index in [2.05, 4.69) is 10.3 Å². The minimum atomic E-state index is -1.68. The van der Waals surface area contributed by atoms with E-state index in [-0.39, 0.29) is 18.4 Å². The van der Waals surface area contributed by atoms with Gasteiger partial charge in [0, 0.05) is 37.8 Å². The minimum Gasteiger partial charge on any atom is -0.477 e. The monoisotopic (exact) mass is 333 g/mol. The first-order chi connectivity index (χ1) is 11.5. The number of carbonyl (C=O) groups is 2. The van der Waals surface area contributed by atoms with E-state index in [0.717, 1.165) is 0 Å². The average molecular weight is 333 g/mol. The number of pyridine rings is 1. The highest BCUT2D eigenvalue weighted by atomic mass is 19.1. The molecule has 3 heterocycles. The maximum atomic E-state index is 14.1. The number of alkyl halides is 1. The van der Waals surface area contributed by atoms with E-state index < -0.39 is 17.0 Å². The Labute approximate surface area is 139 Å². The van der Waals surface area contributed by atoms with Crippen molar-refractivity contribution in [1.82, 2.24) is 15.2 Å². The Balaban J connectivity index is 1.46. The summed E-state index contributed by atoms with van der Waals surface area (Å²) in [5, 5.41) is 2.88. The first kappa shape index (κ1) is 15.4. The van der Waals surface area contributed by atoms with Gasteiger partial charge in [-0.1, -0.05) is 6.07 Å². The molecule has 2 saturated heterocycles. The number of hydrogen-bond acceptors (Lipinski definition) is 4. The number of ether oxygens (including phenoxy) is 1. The van der Waals surface area contributed by atoms with Crippen LogP contribution in [0.3, 0.4) is 0 Å². The molecule has 1 aromatic heterocycles. The fraction of sp³-hybridized carbons (Fsp3) is 0.588. The van der Waals surface area contributed by atoms with E-state index >= 15 is 0 Å². The molecule has 4 rings (SSSR count). The number of nitrogens with one attached hydrogen (secondary N) is 1. The van der Waals surface area contributed by atoms with Gasteiger partial charge in [-0.15, -0.1) is 0 Å². The maximum absolute atomic E-state index is 14.1. The standard InChI is InChI=1S/C17H20FN3O3/c18-17(4-5-17)15(23)21-8-6-16(11-21)12(9-20-14(16)22)10-24-13-3-1-2-7-19-13/h1-3,7,12H,4-6,8-11H2,(H,20,22)/t12-,16-/m1/s1. The lowest BCUT2D eigenvalue weighted by molar-refractivity contribution is -0.138. The van der Waals surface area contributed by atoms with Crippen molar-refractivity contribution in [2.45, 2.75) is 24.9 Å². The van der Waals surface area contributed by atoms with E-state index in [1.807, 2.05) is 6.07 Å². The molecule has 0 bridgehead atoms. The molecular weight excluding hydrogens is 313 g/mol. The Morgan fingerprint density at radius 3 is 2.96 bits per heavy atom. The van der Waals surface area contributed by atoms with Crippen LogP contribution < -0.4 is 10.1 Å². The lowest BCUT2D eigenvalue weighted by Gasteiger charge is -2.28. The van der Waals surface area contributed by atoms with Crippen molar-refractivity contribution >= 4 is 11.8 Å². The summed E-state index contributed by atoms with van der Waals surface area (Å²) >= 11 is 0. The van der Waals surface area contributed by atoms with Gasteiger partial charge in [-0.25, -0.2) is 9.37 Å². The van der Waals surface area contributed by atoms with E-state index in [4.69, 9.17) is 4.74 Å². The van der Waals surface area contributed by atoms with Crippen LogP contribution in [-0.2, 0) is 9.59 Å². The predicted octanol–water partition coefficient (Wildman–Crippen LogP) is 0.927. The molecule has 2 aliphatic heterocycles. The molecule has 0 radical (unpaired) electrons. The summed E-state index contributed by atoms with van der Waals surface area (Å²) in [6.45, 7) is 1.56. The van der Waals surface area contributed by atoms with Crippen LogP contribution in [0.25, 0.3) is 0 Å². The van der Waals surface area contributed by atoms with Crippen molar-refractivity contribution < 1.29 is 18.7 Å². The summed E-state index contributed by atoms with van der Waals surface area (Å²) in [7, 11) is 0. The number of rotatable bonds is 4. The normalized spacial score (nSPS) is 30.5. The molecule has 1 saturated carbocycles. The van der Waals surface area contributed by atoms with Gasteiger partial charge in [0.2, 0.25) is 11.8 Å². The number of carbonyl (C=O) groups excluding carboxylic acids is 2. The first-order valence-corrected chi connectivity index (χ1v) is 8.34. The zero-order valence-corrected chi connectivity index (χ0v) is 13.3. The molecule has 1 aromatic rings. The minimum absolute atomic E-state index is 0.0560. The highest BCUT2D eigenvalue weighted by molar-refractivity contribution is 5.91. The van der Waals surface area contributed by atoms with Crippen molar-refractivity contribution in [3.8, 4) is 5.88 Å². The highest BCUT2D eigenvalue weighted by Crippen LogP contribution is 2.46. The second kappa shape index (κ2) is 5.43. The van der Waals surface area contributed by atoms with Gasteiger partial charge in [-0.3, -0.25) is 9.59 Å². The van der Waals surface area contributed by atoms with Crippen molar-refractivity contribution in [2.24, 2.45) is 11.3 Å². The largest absolute Gasteiger partial charge is 0.477 e. The van der Waals surface area contributed by atoms with Crippen molar-refractivity contribution in [3.05, 3.63) is 24.4 Å². The number of aromatic nitrogens is 1. The van der Waals surface area contributed by atoms with E-state index in [0.29, 0.717) is 44.8 Å². The predicted molar refractivity (Wildman–Crippen MR) is 82.9 cm³/mol. The number of hydrogen-bond donors (Lipinski definition) is 1. The molecule has 6 nitrogen and oxygen atoms in total. The second-order valence-electron chi connectivity index (χ2n) is 6.98. The zero-order valence-electron chi connectivity index (χ0n) is 13.3. The summed E-state index contributed by atoms with van der Waals surface area (Å²) in [6.07, 6.45) is 2.80. The molecular formula is C17H20FN3O3. The topological polar surface area (TPSA) is 71.5 Å². The van der Waals surface area contributed by atoms with Gasteiger partial charge < -0.3 is 15.0 Å². The average Bonchev–Trinajstić information content (AvgIpc) is 3.08. The zero-order chi connectivity index (χ0) is 16.8. The molecule has 128 valence electrons. The molecule has 7 heteroatoms. The SMILES string of the molecule is O=C(N1CC[C@]2(C1)C(=O)NC[C@@H]2COc1ccccn1)C1(F)CC1. The fourth-order valence-corrected chi connectivity index (χ4v) is 3.74. The van der Waals surface area contributed by atoms with Crippen molar-refractivity contribution in [2.75, 3.05) is 26.2 Å². The third kappa shape index (κ3) is 2.42. The number of amides is 2. The second-order valence-corrected chi connectivity index (χ2v) is 6.98. The van der Waals surface area contributed by atoms with Gasteiger partial charge >= 0.3 is 0 Å². The van der Waals surface area contributed by atoms with Gasteiger partial charge in [0.1, 0.15) is 0 Å². The van der Waals surface area contributed by atoms with Gasteiger partial charge in [-0.2, -0.15) is 0 Å². The van der Waals surface area contributed by atoms with Crippen LogP contribution in [0.2, 0.25) is 0 Å². The van der Waals surface area contributed by atoms with E-state index in [1.54, 1.807) is 18.3 Å². The summed E-state index contributed by atoms with van der Waals surface area (Å²) in [4.78, 5) is 30.3. The van der Waals surface area contributed by atoms with Crippen molar-refractivity contribution in [3.63, 3.8) is 0 Å². The highest BCUT2D eigenvalue weighted by Gasteiger charge is 2.59. The maximum Gasteiger partial charge on any atom is 0.260 e. The van der Waals surface area contributed by atoms with Crippen LogP contribution in [0.15, 0.2) is 24.4 Å². The number of nitrogens with zero attached hydrogens (tertiary/aromatic N) is 2. The number of halogens is 1. The molecule has 1 N–H and O–H groups in total. The van der Waals surface area contributed by atoms with Gasteiger partial charge in [0.25, 0.3) is 5.91 Å². The molecule has 2 amide bonds. The summed E-state index contributed by atoms with van der Waals surface area (Å²) in [5.74, 6) is -0.0576. The summed E-state index contributed by atoms with van der Waals surface area (Å²) in [5.41, 5.74) is -2.35. The molecule has 1 aliphatic carbocycles. The molecule has 24 heavy (non-hydrogen) atoms. The molecule has 1 spiro atoms. The van der Waals surface area contributed by atoms with Gasteiger partial charge in [0.05, 0.1) is 12.0 Å². The van der Waals surface area contributed by atoms with E-state index in [9.17, 15) is 14.0 Å². The molecule has 3 fully saturated rings. The van der Waals surface area contributed by atoms with Crippen LogP contribution in [0, 0.1) is 11.3 Å². The Kier molecular flexibility index (Phi) is 3.47. The lowest BCUT2D eigenvalue weighted by atomic mass is 9.77. The van der Waals surface area contributed by atoms with Crippen LogP contribution in [0.4, 0.5) is 4.39 Å². The Bertz CT molecular complexity index is 664. The Hall–Kier alpha value is -2.18. The van der Waals surface area contributed by atoms with Crippen LogP contribution in [0.5, 0.6) is 5.88 Å². The van der Waals surface area contributed by atoms with Crippen LogP contribution in [-0.4, -0.2) is 53.6 Å². The quantitative estimate of drug-likeness (QED) is 0.890. The molecule has 3 aliphatic rings. The Morgan fingerprint density at radius 2 is 2.25 bits per heavy atom. The smallest absolute Gasteiger partial charge is 0.260 e. The lowest BCUT2D eigenvalue weighted by Crippen LogP contribution is -2.43. The van der Waals surface area contributed by atoms with E-state index in [1.165, 1.54) is 4.90 Å². The van der Waals surface area contributed by atoms with Crippen LogP contribution >= 0.6 is 0 Å². The fourth-order valence-electron chi connectivity index (χ4n) is 3.74. The number of likely N-dealkylation sites (tertiary alicyclic amines) is 1. The third-order valence-corrected chi connectivity index (χ3v) is 5.47. The summed E-state index contributed by atoms with van der Waals surface area (Å²) in [6, 6.07) is 5.41. The van der Waals surface area contributed by atoms with Crippen LogP contribution in [0.1, 0.15) is 19.3 Å². The van der Waals surface area contributed by atoms with Crippen molar-refractivity contribution in [1.29, 1.82) is 0 Å². The molecule has 0 unspecified atom stereocenters. The molecule has 0 aromatic carbocycles.